The molecule has 1 atom stereocenters. The number of nitro benzene ring substituents is 1. The second kappa shape index (κ2) is 7.45. The topological polar surface area (TPSA) is 97.4 Å². The largest absolute Gasteiger partial charge is 0.497 e. The zero-order chi connectivity index (χ0) is 15.9. The number of nitrogens with zero attached hydrogens (tertiary/aromatic N) is 2. The van der Waals surface area contributed by atoms with Gasteiger partial charge in [-0.15, -0.1) is 0 Å². The Kier molecular flexibility index (Phi) is 5.93. The third kappa shape index (κ3) is 4.61. The summed E-state index contributed by atoms with van der Waals surface area (Å²) >= 11 is 0. The second-order valence-corrected chi connectivity index (χ2v) is 4.74. The Morgan fingerprint density at radius 2 is 2.24 bits per heavy atom. The standard InChI is InChI=1S/C14H19N3O4/c1-14(10-15,16-2)7-4-8-21-13-9-11(20-3)5-6-12(13)17(18)19/h5-6,9,16H,4,7-8H2,1-3H3. The van der Waals surface area contributed by atoms with Crippen LogP contribution in [0.3, 0.4) is 0 Å². The van der Waals surface area contributed by atoms with Crippen molar-refractivity contribution in [3.05, 3.63) is 28.3 Å². The maximum absolute atomic E-state index is 10.9. The highest BCUT2D eigenvalue weighted by Crippen LogP contribution is 2.31. The minimum Gasteiger partial charge on any atom is -0.497 e. The van der Waals surface area contributed by atoms with Crippen LogP contribution in [0.1, 0.15) is 19.8 Å². The molecule has 1 N–H and O–H groups in total. The van der Waals surface area contributed by atoms with E-state index in [1.54, 1.807) is 14.0 Å². The first kappa shape index (κ1) is 16.7. The predicted molar refractivity (Wildman–Crippen MR) is 77.5 cm³/mol. The number of hydrogen-bond donors (Lipinski definition) is 1. The van der Waals surface area contributed by atoms with Gasteiger partial charge < -0.3 is 14.8 Å². The predicted octanol–water partition coefficient (Wildman–Crippen LogP) is 2.26. The zero-order valence-electron chi connectivity index (χ0n) is 12.4. The van der Waals surface area contributed by atoms with Gasteiger partial charge in [0.2, 0.25) is 5.75 Å². The van der Waals surface area contributed by atoms with Crippen LogP contribution >= 0.6 is 0 Å². The Bertz CT molecular complexity index is 542. The third-order valence-corrected chi connectivity index (χ3v) is 3.24. The summed E-state index contributed by atoms with van der Waals surface area (Å²) in [5, 5.41) is 22.9. The summed E-state index contributed by atoms with van der Waals surface area (Å²) in [7, 11) is 3.20. The van der Waals surface area contributed by atoms with Crippen LogP contribution in [0.15, 0.2) is 18.2 Å². The maximum Gasteiger partial charge on any atom is 0.311 e. The van der Waals surface area contributed by atoms with E-state index in [0.717, 1.165) is 0 Å². The molecule has 0 aliphatic rings. The lowest BCUT2D eigenvalue weighted by Crippen LogP contribution is -2.38. The van der Waals surface area contributed by atoms with Crippen molar-refractivity contribution in [1.29, 1.82) is 5.26 Å². The van der Waals surface area contributed by atoms with Gasteiger partial charge in [0.05, 0.1) is 24.7 Å². The summed E-state index contributed by atoms with van der Waals surface area (Å²) in [6.45, 7) is 2.08. The molecule has 0 saturated heterocycles. The highest BCUT2D eigenvalue weighted by atomic mass is 16.6. The average Bonchev–Trinajstić information content (AvgIpc) is 2.50. The molecule has 0 spiro atoms. The molecule has 1 aromatic carbocycles. The smallest absolute Gasteiger partial charge is 0.311 e. The first-order valence-corrected chi connectivity index (χ1v) is 6.51. The van der Waals surface area contributed by atoms with Crippen molar-refractivity contribution in [2.24, 2.45) is 0 Å². The number of benzene rings is 1. The van der Waals surface area contributed by atoms with Crippen LogP contribution < -0.4 is 14.8 Å². The van der Waals surface area contributed by atoms with E-state index in [1.807, 2.05) is 0 Å². The van der Waals surface area contributed by atoms with Crippen LogP contribution in [-0.2, 0) is 0 Å². The van der Waals surface area contributed by atoms with Crippen LogP contribution in [0.4, 0.5) is 5.69 Å². The minimum atomic E-state index is -0.621. The van der Waals surface area contributed by atoms with E-state index < -0.39 is 10.5 Å². The molecule has 0 aliphatic carbocycles. The monoisotopic (exact) mass is 293 g/mol. The zero-order valence-corrected chi connectivity index (χ0v) is 12.4. The van der Waals surface area contributed by atoms with E-state index in [2.05, 4.69) is 11.4 Å². The van der Waals surface area contributed by atoms with Gasteiger partial charge in [-0.1, -0.05) is 0 Å². The second-order valence-electron chi connectivity index (χ2n) is 4.74. The molecule has 0 radical (unpaired) electrons. The van der Waals surface area contributed by atoms with Gasteiger partial charge in [-0.05, 0) is 32.9 Å². The SMILES string of the molecule is CNC(C)(C#N)CCCOc1cc(OC)ccc1[N+](=O)[O-]. The van der Waals surface area contributed by atoms with Gasteiger partial charge in [0, 0.05) is 12.1 Å². The fraction of sp³-hybridized carbons (Fsp3) is 0.500. The molecule has 0 heterocycles. The molecule has 0 saturated carbocycles. The van der Waals surface area contributed by atoms with E-state index in [0.29, 0.717) is 18.6 Å². The summed E-state index contributed by atoms with van der Waals surface area (Å²) in [5.74, 6) is 0.662. The number of nitro groups is 1. The lowest BCUT2D eigenvalue weighted by Gasteiger charge is -2.20. The number of nitriles is 1. The van der Waals surface area contributed by atoms with Gasteiger partial charge in [0.1, 0.15) is 11.3 Å². The van der Waals surface area contributed by atoms with E-state index in [-0.39, 0.29) is 18.0 Å². The van der Waals surface area contributed by atoms with Gasteiger partial charge in [-0.2, -0.15) is 5.26 Å². The van der Waals surface area contributed by atoms with Crippen molar-refractivity contribution in [3.8, 4) is 17.6 Å². The molecule has 21 heavy (non-hydrogen) atoms. The van der Waals surface area contributed by atoms with Crippen molar-refractivity contribution < 1.29 is 14.4 Å². The normalized spacial score (nSPS) is 13.0. The molecule has 0 fully saturated rings. The fourth-order valence-corrected chi connectivity index (χ4v) is 1.73. The molecule has 0 aromatic heterocycles. The van der Waals surface area contributed by atoms with Gasteiger partial charge in [0.15, 0.2) is 0 Å². The van der Waals surface area contributed by atoms with Gasteiger partial charge >= 0.3 is 5.69 Å². The van der Waals surface area contributed by atoms with Crippen molar-refractivity contribution >= 4 is 5.69 Å². The summed E-state index contributed by atoms with van der Waals surface area (Å²) in [5.41, 5.74) is -0.726. The number of methoxy groups -OCH3 is 1. The molecule has 1 aromatic rings. The Labute approximate surface area is 123 Å². The minimum absolute atomic E-state index is 0.104. The molecule has 7 nitrogen and oxygen atoms in total. The first-order chi connectivity index (χ1) is 9.95. The molecule has 114 valence electrons. The molecule has 0 amide bonds. The number of ether oxygens (including phenoxy) is 2. The molecule has 7 heteroatoms. The summed E-state index contributed by atoms with van der Waals surface area (Å²) in [6, 6.07) is 6.53. The highest BCUT2D eigenvalue weighted by molar-refractivity contribution is 5.50. The van der Waals surface area contributed by atoms with Crippen molar-refractivity contribution in [2.45, 2.75) is 25.3 Å². The first-order valence-electron chi connectivity index (χ1n) is 6.51. The van der Waals surface area contributed by atoms with Crippen LogP contribution in [0.2, 0.25) is 0 Å². The highest BCUT2D eigenvalue weighted by Gasteiger charge is 2.21. The van der Waals surface area contributed by atoms with Gasteiger partial charge in [-0.25, -0.2) is 0 Å². The van der Waals surface area contributed by atoms with E-state index >= 15 is 0 Å². The lowest BCUT2D eigenvalue weighted by molar-refractivity contribution is -0.385. The maximum atomic E-state index is 10.9. The average molecular weight is 293 g/mol. The number of nitrogens with one attached hydrogen (secondary N) is 1. The van der Waals surface area contributed by atoms with Crippen LogP contribution in [0.25, 0.3) is 0 Å². The molecule has 1 unspecified atom stereocenters. The lowest BCUT2D eigenvalue weighted by atomic mass is 9.98. The third-order valence-electron chi connectivity index (χ3n) is 3.24. The summed E-state index contributed by atoms with van der Waals surface area (Å²) in [4.78, 5) is 10.4. The van der Waals surface area contributed by atoms with E-state index in [1.165, 1.54) is 25.3 Å². The molecule has 1 rings (SSSR count). The van der Waals surface area contributed by atoms with E-state index in [9.17, 15) is 10.1 Å². The molecular formula is C14H19N3O4. The number of hydrogen-bond acceptors (Lipinski definition) is 6. The Balaban J connectivity index is 2.67. The van der Waals surface area contributed by atoms with Crippen molar-refractivity contribution in [1.82, 2.24) is 5.32 Å². The van der Waals surface area contributed by atoms with Crippen LogP contribution in [0, 0.1) is 21.4 Å². The van der Waals surface area contributed by atoms with Crippen LogP contribution in [0.5, 0.6) is 11.5 Å². The van der Waals surface area contributed by atoms with Crippen molar-refractivity contribution in [2.75, 3.05) is 20.8 Å². The molecule has 0 bridgehead atoms. The number of rotatable bonds is 8. The Morgan fingerprint density at radius 3 is 2.76 bits per heavy atom. The van der Waals surface area contributed by atoms with Gasteiger partial charge in [0.25, 0.3) is 0 Å². The molecule has 0 aliphatic heterocycles. The van der Waals surface area contributed by atoms with E-state index in [4.69, 9.17) is 14.7 Å². The summed E-state index contributed by atoms with van der Waals surface area (Å²) in [6.07, 6.45) is 1.18. The molecular weight excluding hydrogens is 274 g/mol. The van der Waals surface area contributed by atoms with Gasteiger partial charge in [-0.3, -0.25) is 10.1 Å². The van der Waals surface area contributed by atoms with Crippen LogP contribution in [-0.4, -0.2) is 31.2 Å². The van der Waals surface area contributed by atoms with Crippen molar-refractivity contribution in [3.63, 3.8) is 0 Å². The Morgan fingerprint density at radius 1 is 1.52 bits per heavy atom. The quantitative estimate of drug-likeness (QED) is 0.448. The summed E-state index contributed by atoms with van der Waals surface area (Å²) < 4.78 is 10.5. The fourth-order valence-electron chi connectivity index (χ4n) is 1.73. The Hall–Kier alpha value is -2.33.